The van der Waals surface area contributed by atoms with Gasteiger partial charge in [-0.3, -0.25) is 5.32 Å². The van der Waals surface area contributed by atoms with Gasteiger partial charge < -0.3 is 9.64 Å². The van der Waals surface area contributed by atoms with E-state index in [0.717, 1.165) is 25.2 Å². The summed E-state index contributed by atoms with van der Waals surface area (Å²) in [6, 6.07) is 3.72. The molecule has 1 aromatic rings. The normalized spacial score (nSPS) is 11.1. The van der Waals surface area contributed by atoms with Crippen LogP contribution in [0.3, 0.4) is 0 Å². The lowest BCUT2D eigenvalue weighted by Crippen LogP contribution is -2.27. The third-order valence-corrected chi connectivity index (χ3v) is 2.63. The number of amides is 1. The van der Waals surface area contributed by atoms with Crippen molar-refractivity contribution in [2.75, 3.05) is 23.8 Å². The predicted molar refractivity (Wildman–Crippen MR) is 82.3 cm³/mol. The van der Waals surface area contributed by atoms with Gasteiger partial charge in [0.25, 0.3) is 0 Å². The molecule has 20 heavy (non-hydrogen) atoms. The number of ether oxygens (including phenoxy) is 1. The summed E-state index contributed by atoms with van der Waals surface area (Å²) >= 11 is 0. The minimum absolute atomic E-state index is 0.466. The van der Waals surface area contributed by atoms with Crippen molar-refractivity contribution in [3.8, 4) is 0 Å². The number of pyridine rings is 1. The van der Waals surface area contributed by atoms with E-state index in [9.17, 15) is 4.79 Å². The van der Waals surface area contributed by atoms with E-state index in [0.29, 0.717) is 5.69 Å². The Morgan fingerprint density at radius 2 is 2.10 bits per heavy atom. The van der Waals surface area contributed by atoms with Gasteiger partial charge in [-0.25, -0.2) is 9.78 Å². The number of rotatable bonds is 5. The third kappa shape index (κ3) is 5.91. The standard InChI is InChI=1S/C15H25N3O2/c1-6-7-10-18(5)13-9-8-12(11-16-13)17-14(19)20-15(2,3)4/h8-9,11H,6-7,10H2,1-5H3,(H,17,19). The van der Waals surface area contributed by atoms with Gasteiger partial charge in [0.2, 0.25) is 0 Å². The molecule has 0 radical (unpaired) electrons. The quantitative estimate of drug-likeness (QED) is 0.893. The maximum atomic E-state index is 11.6. The Bertz CT molecular complexity index is 424. The topological polar surface area (TPSA) is 54.5 Å². The van der Waals surface area contributed by atoms with Crippen molar-refractivity contribution in [2.24, 2.45) is 0 Å². The molecule has 0 unspecified atom stereocenters. The fourth-order valence-corrected chi connectivity index (χ4v) is 1.62. The zero-order valence-electron chi connectivity index (χ0n) is 13.1. The first-order chi connectivity index (χ1) is 9.31. The van der Waals surface area contributed by atoms with E-state index in [4.69, 9.17) is 4.74 Å². The number of hydrogen-bond donors (Lipinski definition) is 1. The zero-order chi connectivity index (χ0) is 15.2. The predicted octanol–water partition coefficient (Wildman–Crippen LogP) is 3.66. The van der Waals surface area contributed by atoms with E-state index < -0.39 is 11.7 Å². The van der Waals surface area contributed by atoms with Crippen LogP contribution in [0.2, 0.25) is 0 Å². The van der Waals surface area contributed by atoms with Crippen molar-refractivity contribution in [2.45, 2.75) is 46.1 Å². The first-order valence-corrected chi connectivity index (χ1v) is 6.99. The van der Waals surface area contributed by atoms with E-state index in [1.165, 1.54) is 0 Å². The summed E-state index contributed by atoms with van der Waals surface area (Å²) in [5.41, 5.74) is 0.129. The smallest absolute Gasteiger partial charge is 0.412 e. The van der Waals surface area contributed by atoms with Crippen molar-refractivity contribution < 1.29 is 9.53 Å². The van der Waals surface area contributed by atoms with Crippen LogP contribution in [0, 0.1) is 0 Å². The minimum Gasteiger partial charge on any atom is -0.444 e. The summed E-state index contributed by atoms with van der Waals surface area (Å²) in [5.74, 6) is 0.896. The third-order valence-electron chi connectivity index (χ3n) is 2.63. The van der Waals surface area contributed by atoms with E-state index >= 15 is 0 Å². The molecule has 0 aromatic carbocycles. The summed E-state index contributed by atoms with van der Waals surface area (Å²) in [5, 5.41) is 2.67. The summed E-state index contributed by atoms with van der Waals surface area (Å²) in [6.07, 6.45) is 3.46. The fourth-order valence-electron chi connectivity index (χ4n) is 1.62. The molecule has 0 saturated heterocycles. The molecule has 0 spiro atoms. The van der Waals surface area contributed by atoms with Crippen molar-refractivity contribution in [1.82, 2.24) is 4.98 Å². The maximum Gasteiger partial charge on any atom is 0.412 e. The number of nitrogens with one attached hydrogen (secondary N) is 1. The number of unbranched alkanes of at least 4 members (excludes halogenated alkanes) is 1. The Morgan fingerprint density at radius 3 is 2.60 bits per heavy atom. The number of anilines is 2. The highest BCUT2D eigenvalue weighted by Gasteiger charge is 2.16. The highest BCUT2D eigenvalue weighted by molar-refractivity contribution is 5.84. The van der Waals surface area contributed by atoms with E-state index in [1.54, 1.807) is 6.20 Å². The van der Waals surface area contributed by atoms with E-state index in [2.05, 4.69) is 22.1 Å². The van der Waals surface area contributed by atoms with Crippen LogP contribution in [0.4, 0.5) is 16.3 Å². The van der Waals surface area contributed by atoms with E-state index in [1.807, 2.05) is 40.0 Å². The summed E-state index contributed by atoms with van der Waals surface area (Å²) in [4.78, 5) is 18.1. The molecule has 0 aliphatic carbocycles. The first kappa shape index (κ1) is 16.3. The number of carbonyl (C=O) groups is 1. The maximum absolute atomic E-state index is 11.6. The Hall–Kier alpha value is -1.78. The monoisotopic (exact) mass is 279 g/mol. The molecule has 0 fully saturated rings. The molecular formula is C15H25N3O2. The van der Waals surface area contributed by atoms with Gasteiger partial charge in [0.05, 0.1) is 11.9 Å². The minimum atomic E-state index is -0.502. The fraction of sp³-hybridized carbons (Fsp3) is 0.600. The van der Waals surface area contributed by atoms with Crippen LogP contribution < -0.4 is 10.2 Å². The molecule has 1 aromatic heterocycles. The number of hydrogen-bond acceptors (Lipinski definition) is 4. The van der Waals surface area contributed by atoms with Crippen molar-refractivity contribution in [1.29, 1.82) is 0 Å². The van der Waals surface area contributed by atoms with Crippen LogP contribution in [0.15, 0.2) is 18.3 Å². The molecule has 0 aliphatic rings. The Balaban J connectivity index is 2.56. The lowest BCUT2D eigenvalue weighted by molar-refractivity contribution is 0.0636. The SMILES string of the molecule is CCCCN(C)c1ccc(NC(=O)OC(C)(C)C)cn1. The van der Waals surface area contributed by atoms with Crippen molar-refractivity contribution in [3.05, 3.63) is 18.3 Å². The van der Waals surface area contributed by atoms with Crippen LogP contribution in [0.5, 0.6) is 0 Å². The molecular weight excluding hydrogens is 254 g/mol. The summed E-state index contributed by atoms with van der Waals surface area (Å²) in [6.45, 7) is 8.63. The van der Waals surface area contributed by atoms with Gasteiger partial charge in [-0.2, -0.15) is 0 Å². The molecule has 1 N–H and O–H groups in total. The van der Waals surface area contributed by atoms with Crippen LogP contribution in [-0.2, 0) is 4.74 Å². The molecule has 1 rings (SSSR count). The lowest BCUT2D eigenvalue weighted by Gasteiger charge is -2.20. The average molecular weight is 279 g/mol. The largest absolute Gasteiger partial charge is 0.444 e. The summed E-state index contributed by atoms with van der Waals surface area (Å²) < 4.78 is 5.18. The van der Waals surface area contributed by atoms with E-state index in [-0.39, 0.29) is 0 Å². The lowest BCUT2D eigenvalue weighted by atomic mass is 10.2. The van der Waals surface area contributed by atoms with Crippen LogP contribution in [-0.4, -0.2) is 30.3 Å². The number of nitrogens with zero attached hydrogens (tertiary/aromatic N) is 2. The second kappa shape index (κ2) is 7.12. The van der Waals surface area contributed by atoms with Crippen LogP contribution in [0.25, 0.3) is 0 Å². The highest BCUT2D eigenvalue weighted by Crippen LogP contribution is 2.15. The Morgan fingerprint density at radius 1 is 1.40 bits per heavy atom. The van der Waals surface area contributed by atoms with Gasteiger partial charge in [-0.1, -0.05) is 13.3 Å². The molecule has 0 atom stereocenters. The van der Waals surface area contributed by atoms with Gasteiger partial charge in [0.15, 0.2) is 0 Å². The zero-order valence-corrected chi connectivity index (χ0v) is 13.1. The van der Waals surface area contributed by atoms with Crippen LogP contribution >= 0.6 is 0 Å². The molecule has 0 saturated carbocycles. The molecule has 5 heteroatoms. The van der Waals surface area contributed by atoms with Gasteiger partial charge in [-0.05, 0) is 39.3 Å². The number of carbonyl (C=O) groups excluding carboxylic acids is 1. The van der Waals surface area contributed by atoms with Gasteiger partial charge in [-0.15, -0.1) is 0 Å². The molecule has 1 heterocycles. The first-order valence-electron chi connectivity index (χ1n) is 6.99. The molecule has 112 valence electrons. The highest BCUT2D eigenvalue weighted by atomic mass is 16.6. The second-order valence-corrected chi connectivity index (χ2v) is 5.81. The number of aromatic nitrogens is 1. The van der Waals surface area contributed by atoms with Crippen molar-refractivity contribution >= 4 is 17.6 Å². The molecule has 1 amide bonds. The Kier molecular flexibility index (Phi) is 5.80. The van der Waals surface area contributed by atoms with Gasteiger partial charge >= 0.3 is 6.09 Å². The van der Waals surface area contributed by atoms with Gasteiger partial charge in [0.1, 0.15) is 11.4 Å². The van der Waals surface area contributed by atoms with Crippen LogP contribution in [0.1, 0.15) is 40.5 Å². The summed E-state index contributed by atoms with van der Waals surface area (Å²) in [7, 11) is 2.01. The molecule has 0 aliphatic heterocycles. The van der Waals surface area contributed by atoms with Crippen molar-refractivity contribution in [3.63, 3.8) is 0 Å². The molecule has 0 bridgehead atoms. The molecule has 5 nitrogen and oxygen atoms in total. The average Bonchev–Trinajstić information content (AvgIpc) is 2.34. The second-order valence-electron chi connectivity index (χ2n) is 5.81. The van der Waals surface area contributed by atoms with Gasteiger partial charge in [0, 0.05) is 13.6 Å². The Labute approximate surface area is 121 Å².